The number of allylic oxidation sites excluding steroid dienone is 3. The molecule has 0 radical (unpaired) electrons. The van der Waals surface area contributed by atoms with Gasteiger partial charge in [0.25, 0.3) is 0 Å². The van der Waals surface area contributed by atoms with E-state index in [0.29, 0.717) is 72.8 Å². The number of nitrogens with one attached hydrogen (secondary N) is 2. The Morgan fingerprint density at radius 1 is 1.12 bits per heavy atom. The molecule has 4 fully saturated rings. The third kappa shape index (κ3) is 6.50. The lowest BCUT2D eigenvalue weighted by molar-refractivity contribution is -0.111. The van der Waals surface area contributed by atoms with Gasteiger partial charge in [0.05, 0.1) is 41.9 Å². The third-order valence-electron chi connectivity index (χ3n) is 10.5. The highest BCUT2D eigenvalue weighted by Gasteiger charge is 2.45. The maximum atomic E-state index is 14.3. The van der Waals surface area contributed by atoms with Crippen LogP contribution in [0.3, 0.4) is 0 Å². The van der Waals surface area contributed by atoms with Gasteiger partial charge in [0.15, 0.2) is 5.82 Å². The summed E-state index contributed by atoms with van der Waals surface area (Å²) in [5, 5.41) is 8.35. The Morgan fingerprint density at radius 3 is 2.67 bits per heavy atom. The van der Waals surface area contributed by atoms with E-state index < -0.39 is 5.83 Å². The van der Waals surface area contributed by atoms with E-state index in [1.165, 1.54) is 38.0 Å². The number of likely N-dealkylation sites (tertiary alicyclic amines) is 2. The summed E-state index contributed by atoms with van der Waals surface area (Å²) >= 11 is 6.01. The molecule has 2 N–H and O–H groups in total. The van der Waals surface area contributed by atoms with Crippen molar-refractivity contribution >= 4 is 46.2 Å². The van der Waals surface area contributed by atoms with Crippen molar-refractivity contribution in [3.8, 4) is 5.75 Å². The van der Waals surface area contributed by atoms with Crippen LogP contribution in [0.25, 0.3) is 0 Å². The molecule has 7 rings (SSSR count). The number of hydrogen-bond acceptors (Lipinski definition) is 10. The van der Waals surface area contributed by atoms with Crippen LogP contribution in [0.2, 0.25) is 0 Å². The second-order valence-electron chi connectivity index (χ2n) is 13.1. The van der Waals surface area contributed by atoms with Gasteiger partial charge < -0.3 is 20.3 Å². The first-order valence-electron chi connectivity index (χ1n) is 17.0. The fourth-order valence-electron chi connectivity index (χ4n) is 8.09. The molecule has 4 saturated heterocycles. The van der Waals surface area contributed by atoms with Crippen molar-refractivity contribution in [1.82, 2.24) is 19.8 Å². The van der Waals surface area contributed by atoms with Crippen LogP contribution in [0.15, 0.2) is 59.7 Å². The molecule has 1 aromatic carbocycles. The summed E-state index contributed by atoms with van der Waals surface area (Å²) in [5.74, 6) is 0.986. The van der Waals surface area contributed by atoms with Crippen LogP contribution in [0, 0.1) is 0 Å². The first kappa shape index (κ1) is 32.8. The average Bonchev–Trinajstić information content (AvgIpc) is 3.87. The molecule has 2 bridgehead atoms. The molecule has 3 atom stereocenters. The minimum atomic E-state index is -0.393. The number of ether oxygens (including phenoxy) is 1. The Balaban J connectivity index is 1.09. The molecule has 256 valence electrons. The summed E-state index contributed by atoms with van der Waals surface area (Å²) in [5.41, 5.74) is 3.12. The SMILES string of the molecule is C=CC(=O)Nc1cc(Nc2cc(N3OCC[C@@H]3C3=CC(F)=C(Cl)CC3)ncn2)c(OC)cc1N1CCC(N2C[C@H]3C[C@@H]2CN3CC)CC1. The quantitative estimate of drug-likeness (QED) is 0.302. The molecule has 48 heavy (non-hydrogen) atoms. The molecule has 5 aliphatic rings. The van der Waals surface area contributed by atoms with E-state index in [1.54, 1.807) is 18.2 Å². The van der Waals surface area contributed by atoms with Crippen LogP contribution < -0.4 is 25.3 Å². The average molecular weight is 679 g/mol. The number of fused-ring (bicyclic) bond motifs is 2. The Hall–Kier alpha value is -3.71. The fourth-order valence-corrected chi connectivity index (χ4v) is 8.24. The second kappa shape index (κ2) is 14.0. The number of rotatable bonds is 10. The Morgan fingerprint density at radius 2 is 1.96 bits per heavy atom. The predicted molar refractivity (Wildman–Crippen MR) is 187 cm³/mol. The summed E-state index contributed by atoms with van der Waals surface area (Å²) in [6, 6.07) is 7.44. The molecule has 2 aromatic rings. The molecule has 0 saturated carbocycles. The molecule has 13 heteroatoms. The van der Waals surface area contributed by atoms with E-state index in [-0.39, 0.29) is 17.0 Å². The van der Waals surface area contributed by atoms with E-state index in [9.17, 15) is 9.18 Å². The normalized spacial score (nSPS) is 25.1. The number of aromatic nitrogens is 2. The van der Waals surface area contributed by atoms with Crippen LogP contribution in [0.5, 0.6) is 5.75 Å². The molecule has 0 spiro atoms. The zero-order chi connectivity index (χ0) is 33.4. The zero-order valence-electron chi connectivity index (χ0n) is 27.6. The topological polar surface area (TPSA) is 98.3 Å². The highest BCUT2D eigenvalue weighted by atomic mass is 35.5. The van der Waals surface area contributed by atoms with Gasteiger partial charge in [-0.15, -0.1) is 0 Å². The van der Waals surface area contributed by atoms with Crippen molar-refractivity contribution in [1.29, 1.82) is 0 Å². The number of methoxy groups -OCH3 is 1. The number of benzene rings is 1. The number of piperidine rings is 1. The summed E-state index contributed by atoms with van der Waals surface area (Å²) in [7, 11) is 1.63. The van der Waals surface area contributed by atoms with Crippen molar-refractivity contribution in [2.45, 2.75) is 69.6 Å². The fraction of sp³-hybridized carbons (Fsp3) is 0.514. The van der Waals surface area contributed by atoms with Gasteiger partial charge >= 0.3 is 0 Å². The standard InChI is InChI=1S/C35H44ClFN8O3/c1-4-35(46)41-28-16-29(40-33-18-34(39-21-38-33)45-30(10-13-48-45)22-6-7-26(36)27(37)14-22)32(47-3)17-31(28)43-11-8-23(9-12-43)44-20-24-15-25(44)19-42(24)5-2/h4,14,16-18,21,23-25,30H,1,5-13,15,19-20H2,2-3H3,(H,41,46)(H,38,39,40)/t24-,25-,30-/m1/s1. The molecule has 0 unspecified atom stereocenters. The van der Waals surface area contributed by atoms with Gasteiger partial charge in [-0.05, 0) is 62.4 Å². The monoisotopic (exact) mass is 678 g/mol. The Labute approximate surface area is 286 Å². The van der Waals surface area contributed by atoms with Crippen LogP contribution in [-0.2, 0) is 9.63 Å². The first-order chi connectivity index (χ1) is 23.3. The summed E-state index contributed by atoms with van der Waals surface area (Å²) in [6.45, 7) is 11.7. The molecule has 11 nitrogen and oxygen atoms in total. The minimum absolute atomic E-state index is 0.159. The number of anilines is 5. The summed E-state index contributed by atoms with van der Waals surface area (Å²) in [6.07, 6.45) is 9.52. The van der Waals surface area contributed by atoms with Crippen molar-refractivity contribution in [2.75, 3.05) is 67.0 Å². The van der Waals surface area contributed by atoms with Crippen LogP contribution in [-0.4, -0.2) is 96.3 Å². The van der Waals surface area contributed by atoms with Crippen LogP contribution in [0.4, 0.5) is 33.1 Å². The molecule has 5 heterocycles. The van der Waals surface area contributed by atoms with Gasteiger partial charge in [-0.3, -0.25) is 19.4 Å². The second-order valence-corrected chi connectivity index (χ2v) is 13.6. The van der Waals surface area contributed by atoms with Gasteiger partial charge in [-0.2, -0.15) is 0 Å². The molecular weight excluding hydrogens is 635 g/mol. The number of hydrogen-bond donors (Lipinski definition) is 2. The Bertz CT molecular complexity index is 1610. The number of hydroxylamine groups is 1. The number of nitrogens with zero attached hydrogens (tertiary/aromatic N) is 6. The molecular formula is C35H44ClFN8O3. The number of amides is 1. The lowest BCUT2D eigenvalue weighted by Crippen LogP contribution is -2.53. The molecule has 1 amide bonds. The van der Waals surface area contributed by atoms with Gasteiger partial charge in [-0.25, -0.2) is 19.4 Å². The van der Waals surface area contributed by atoms with E-state index in [4.69, 9.17) is 21.2 Å². The summed E-state index contributed by atoms with van der Waals surface area (Å²) < 4.78 is 20.2. The highest BCUT2D eigenvalue weighted by molar-refractivity contribution is 6.30. The molecule has 1 aromatic heterocycles. The lowest BCUT2D eigenvalue weighted by Gasteiger charge is -2.43. The van der Waals surface area contributed by atoms with Gasteiger partial charge in [-0.1, -0.05) is 25.1 Å². The number of carbonyl (C=O) groups excluding carboxylic acids is 1. The largest absolute Gasteiger partial charge is 0.494 e. The highest BCUT2D eigenvalue weighted by Crippen LogP contribution is 2.42. The van der Waals surface area contributed by atoms with Gasteiger partial charge in [0.1, 0.15) is 23.7 Å². The number of piperazine rings is 1. The van der Waals surface area contributed by atoms with E-state index in [2.05, 4.69) is 48.8 Å². The third-order valence-corrected chi connectivity index (χ3v) is 10.9. The molecule has 4 aliphatic heterocycles. The van der Waals surface area contributed by atoms with Crippen molar-refractivity contribution in [3.63, 3.8) is 0 Å². The zero-order valence-corrected chi connectivity index (χ0v) is 28.4. The molecule has 1 aliphatic carbocycles. The summed E-state index contributed by atoms with van der Waals surface area (Å²) in [4.78, 5) is 35.2. The lowest BCUT2D eigenvalue weighted by atomic mass is 9.95. The van der Waals surface area contributed by atoms with Crippen LogP contribution in [0.1, 0.15) is 45.4 Å². The first-order valence-corrected chi connectivity index (χ1v) is 17.4. The van der Waals surface area contributed by atoms with Crippen molar-refractivity contribution in [2.24, 2.45) is 0 Å². The van der Waals surface area contributed by atoms with E-state index in [1.807, 2.05) is 12.1 Å². The van der Waals surface area contributed by atoms with Gasteiger partial charge in [0, 0.05) is 62.9 Å². The maximum Gasteiger partial charge on any atom is 0.247 e. The smallest absolute Gasteiger partial charge is 0.247 e. The minimum Gasteiger partial charge on any atom is -0.494 e. The predicted octanol–water partition coefficient (Wildman–Crippen LogP) is 5.75. The number of carbonyl (C=O) groups is 1. The van der Waals surface area contributed by atoms with E-state index >= 15 is 0 Å². The van der Waals surface area contributed by atoms with Crippen molar-refractivity contribution < 1.29 is 18.8 Å². The van der Waals surface area contributed by atoms with Crippen molar-refractivity contribution in [3.05, 3.63) is 59.7 Å². The van der Waals surface area contributed by atoms with Gasteiger partial charge in [0.2, 0.25) is 5.91 Å². The van der Waals surface area contributed by atoms with E-state index in [0.717, 1.165) is 43.7 Å². The number of likely N-dealkylation sites (N-methyl/N-ethyl adjacent to an activating group) is 1. The Kier molecular flexibility index (Phi) is 9.59. The van der Waals surface area contributed by atoms with Crippen LogP contribution >= 0.6 is 11.6 Å². The number of halogens is 2. The maximum absolute atomic E-state index is 14.3.